The summed E-state index contributed by atoms with van der Waals surface area (Å²) in [4.78, 5) is -1.77. The van der Waals surface area contributed by atoms with Crippen molar-refractivity contribution in [2.75, 3.05) is 13.1 Å². The summed E-state index contributed by atoms with van der Waals surface area (Å²) in [6.07, 6.45) is 8.86. The van der Waals surface area contributed by atoms with Crippen molar-refractivity contribution >= 4 is 0 Å². The Morgan fingerprint density at radius 3 is 1.44 bits per heavy atom. The summed E-state index contributed by atoms with van der Waals surface area (Å²) in [6.45, 7) is 4.31. The third-order valence-corrected chi connectivity index (χ3v) is 2.93. The molecule has 0 aliphatic carbocycles. The van der Waals surface area contributed by atoms with E-state index in [9.17, 15) is 8.96 Å². The molecule has 0 atom stereocenters. The Morgan fingerprint density at radius 1 is 0.625 bits per heavy atom. The van der Waals surface area contributed by atoms with Gasteiger partial charge >= 0.3 is 0 Å². The van der Waals surface area contributed by atoms with E-state index in [0.29, 0.717) is 12.8 Å². The van der Waals surface area contributed by atoms with Crippen LogP contribution in [0.5, 0.6) is 0 Å². The molecule has 0 aliphatic heterocycles. The molecule has 0 N–H and O–H groups in total. The summed E-state index contributed by atoms with van der Waals surface area (Å²) in [6, 6.07) is 0. The molecule has 0 aromatic heterocycles. The number of quaternary nitrogens is 1. The Labute approximate surface area is 99.3 Å². The molecule has 0 aromatic rings. The Balaban J connectivity index is 3.38. The molecule has 0 aromatic carbocycles. The van der Waals surface area contributed by atoms with Crippen LogP contribution in [0.4, 0.5) is 8.96 Å². The lowest BCUT2D eigenvalue weighted by atomic mass is 10.1. The number of hydrogen-bond donors (Lipinski definition) is 0. The molecule has 0 heterocycles. The molecule has 0 saturated carbocycles. The van der Waals surface area contributed by atoms with Gasteiger partial charge in [0.05, 0.1) is 4.93 Å². The van der Waals surface area contributed by atoms with Crippen molar-refractivity contribution in [1.29, 1.82) is 0 Å². The van der Waals surface area contributed by atoms with Gasteiger partial charge in [-0.15, -0.1) is 0 Å². The van der Waals surface area contributed by atoms with Gasteiger partial charge in [-0.3, -0.25) is 0 Å². The van der Waals surface area contributed by atoms with Gasteiger partial charge in [-0.05, 0) is 12.8 Å². The van der Waals surface area contributed by atoms with Crippen LogP contribution in [0.15, 0.2) is 0 Å². The first-order chi connectivity index (χ1) is 7.62. The quantitative estimate of drug-likeness (QED) is 0.345. The summed E-state index contributed by atoms with van der Waals surface area (Å²) in [7, 11) is 0. The van der Waals surface area contributed by atoms with E-state index in [-0.39, 0.29) is 13.1 Å². The average molecular weight is 236 g/mol. The Morgan fingerprint density at radius 2 is 1.00 bits per heavy atom. The van der Waals surface area contributed by atoms with Gasteiger partial charge in [0.25, 0.3) is 0 Å². The second kappa shape index (κ2) is 10.0. The van der Waals surface area contributed by atoms with Gasteiger partial charge in [0, 0.05) is 21.8 Å². The molecule has 3 heteroatoms. The zero-order valence-corrected chi connectivity index (χ0v) is 11.0. The second-order valence-corrected chi connectivity index (χ2v) is 4.69. The highest BCUT2D eigenvalue weighted by Gasteiger charge is 2.27. The van der Waals surface area contributed by atoms with E-state index >= 15 is 0 Å². The second-order valence-electron chi connectivity index (χ2n) is 4.69. The monoisotopic (exact) mass is 236 g/mol. The van der Waals surface area contributed by atoms with Crippen LogP contribution in [-0.2, 0) is 0 Å². The molecule has 0 spiro atoms. The third-order valence-electron chi connectivity index (χ3n) is 2.93. The first-order valence-corrected chi connectivity index (χ1v) is 6.88. The van der Waals surface area contributed by atoms with E-state index < -0.39 is 4.93 Å². The highest BCUT2D eigenvalue weighted by atomic mass is 19.4. The van der Waals surface area contributed by atoms with Crippen molar-refractivity contribution in [2.45, 2.75) is 71.6 Å². The maximum atomic E-state index is 13.3. The summed E-state index contributed by atoms with van der Waals surface area (Å²) in [5.41, 5.74) is 0. The SMILES string of the molecule is CCCCCCC[N+](F)(F)CCCCCC. The van der Waals surface area contributed by atoms with Crippen molar-refractivity contribution < 1.29 is 13.9 Å². The van der Waals surface area contributed by atoms with Gasteiger partial charge in [-0.25, -0.2) is 0 Å². The summed E-state index contributed by atoms with van der Waals surface area (Å²) in [5.74, 6) is 0. The van der Waals surface area contributed by atoms with E-state index in [1.807, 2.05) is 0 Å². The first-order valence-electron chi connectivity index (χ1n) is 6.88. The maximum Gasteiger partial charge on any atom is 0.155 e. The fourth-order valence-electron chi connectivity index (χ4n) is 1.83. The topological polar surface area (TPSA) is 0 Å². The lowest BCUT2D eigenvalue weighted by Gasteiger charge is -2.13. The van der Waals surface area contributed by atoms with Crippen molar-refractivity contribution in [2.24, 2.45) is 0 Å². The van der Waals surface area contributed by atoms with Gasteiger partial charge in [0.15, 0.2) is 13.1 Å². The molecule has 0 bridgehead atoms. The highest BCUT2D eigenvalue weighted by molar-refractivity contribution is 4.42. The van der Waals surface area contributed by atoms with Gasteiger partial charge in [0.2, 0.25) is 0 Å². The average Bonchev–Trinajstić information content (AvgIpc) is 2.24. The summed E-state index contributed by atoms with van der Waals surface area (Å²) < 4.78 is 26.6. The van der Waals surface area contributed by atoms with Gasteiger partial charge in [-0.2, -0.15) is 0 Å². The minimum absolute atomic E-state index is 0.0355. The molecule has 0 radical (unpaired) electrons. The molecular weight excluding hydrogens is 208 g/mol. The Kier molecular flexibility index (Phi) is 9.89. The highest BCUT2D eigenvalue weighted by Crippen LogP contribution is 2.16. The van der Waals surface area contributed by atoms with Crippen LogP contribution in [0.2, 0.25) is 0 Å². The minimum Gasteiger partial charge on any atom is -0.0654 e. The Bertz CT molecular complexity index is 149. The summed E-state index contributed by atoms with van der Waals surface area (Å²) in [5, 5.41) is 0. The molecule has 16 heavy (non-hydrogen) atoms. The van der Waals surface area contributed by atoms with E-state index in [2.05, 4.69) is 13.8 Å². The molecule has 0 fully saturated rings. The summed E-state index contributed by atoms with van der Waals surface area (Å²) >= 11 is 0. The first kappa shape index (κ1) is 15.8. The molecule has 98 valence electrons. The minimum atomic E-state index is -1.77. The molecule has 0 saturated heterocycles. The third kappa shape index (κ3) is 10.3. The number of halogens is 2. The number of nitrogens with zero attached hydrogens (tertiary/aromatic N) is 1. The maximum absolute atomic E-state index is 13.3. The van der Waals surface area contributed by atoms with Crippen molar-refractivity contribution in [3.8, 4) is 0 Å². The van der Waals surface area contributed by atoms with E-state index in [1.165, 1.54) is 12.8 Å². The van der Waals surface area contributed by atoms with Gasteiger partial charge in [-0.1, -0.05) is 46.0 Å². The number of rotatable bonds is 11. The molecule has 0 rings (SSSR count). The van der Waals surface area contributed by atoms with Crippen LogP contribution >= 0.6 is 0 Å². The predicted octanol–water partition coefficient (Wildman–Crippen LogP) is 5.12. The van der Waals surface area contributed by atoms with E-state index in [0.717, 1.165) is 32.1 Å². The van der Waals surface area contributed by atoms with Crippen molar-refractivity contribution in [3.05, 3.63) is 0 Å². The van der Waals surface area contributed by atoms with Crippen LogP contribution in [0.3, 0.4) is 0 Å². The molecular formula is C13H28F2N+. The number of unbranched alkanes of at least 4 members (excludes halogenated alkanes) is 7. The van der Waals surface area contributed by atoms with Crippen LogP contribution in [-0.4, -0.2) is 18.0 Å². The zero-order chi connectivity index (χ0) is 12.3. The zero-order valence-electron chi connectivity index (χ0n) is 11.0. The molecule has 0 aliphatic rings. The van der Waals surface area contributed by atoms with Crippen LogP contribution in [0, 0.1) is 0 Å². The lowest BCUT2D eigenvalue weighted by Crippen LogP contribution is -2.32. The Hall–Kier alpha value is -0.180. The van der Waals surface area contributed by atoms with Crippen LogP contribution in [0.1, 0.15) is 71.6 Å². The molecule has 1 nitrogen and oxygen atoms in total. The predicted molar refractivity (Wildman–Crippen MR) is 65.1 cm³/mol. The fraction of sp³-hybridized carbons (Fsp3) is 1.00. The van der Waals surface area contributed by atoms with E-state index in [1.54, 1.807) is 0 Å². The van der Waals surface area contributed by atoms with Gasteiger partial charge < -0.3 is 0 Å². The fourth-order valence-corrected chi connectivity index (χ4v) is 1.83. The van der Waals surface area contributed by atoms with E-state index in [4.69, 9.17) is 0 Å². The molecule has 0 amide bonds. The number of hydrogen-bond acceptors (Lipinski definition) is 0. The lowest BCUT2D eigenvalue weighted by molar-refractivity contribution is -1.17. The van der Waals surface area contributed by atoms with Crippen LogP contribution in [0.25, 0.3) is 0 Å². The van der Waals surface area contributed by atoms with Crippen molar-refractivity contribution in [3.63, 3.8) is 0 Å². The molecule has 0 unspecified atom stereocenters. The standard InChI is InChI=1S/C13H28F2N/c1-3-5-7-9-11-13-16(14,15)12-10-8-6-4-2/h3-13H2,1-2H3/q+1. The largest absolute Gasteiger partial charge is 0.155 e. The van der Waals surface area contributed by atoms with Crippen LogP contribution < -0.4 is 0 Å². The van der Waals surface area contributed by atoms with Crippen molar-refractivity contribution in [1.82, 2.24) is 0 Å². The normalized spacial score (nSPS) is 12.0. The van der Waals surface area contributed by atoms with Gasteiger partial charge in [0.1, 0.15) is 0 Å². The smallest absolute Gasteiger partial charge is 0.0654 e.